The molecule has 1 fully saturated rings. The van der Waals surface area contributed by atoms with Gasteiger partial charge in [0.25, 0.3) is 0 Å². The molecule has 0 saturated carbocycles. The zero-order chi connectivity index (χ0) is 21.8. The van der Waals surface area contributed by atoms with Crippen molar-refractivity contribution in [1.82, 2.24) is 29.4 Å². The molecule has 1 N–H and O–H groups in total. The topological polar surface area (TPSA) is 72.0 Å². The number of piperidine rings is 1. The SMILES string of the molecule is CCc1cc(C2CCN(Cc3cn(CCn4ccnc4C)nn3)[C@@H](C)C2)c(CCO)s1. The second-order valence-electron chi connectivity index (χ2n) is 8.60. The Kier molecular flexibility index (Phi) is 7.20. The molecule has 1 aliphatic heterocycles. The number of aliphatic hydroxyl groups excluding tert-OH is 1. The molecule has 1 unspecified atom stereocenters. The highest BCUT2D eigenvalue weighted by Crippen LogP contribution is 2.38. The Morgan fingerprint density at radius 2 is 2.16 bits per heavy atom. The summed E-state index contributed by atoms with van der Waals surface area (Å²) in [5.41, 5.74) is 2.53. The molecule has 31 heavy (non-hydrogen) atoms. The van der Waals surface area contributed by atoms with E-state index in [1.165, 1.54) is 15.3 Å². The first-order valence-electron chi connectivity index (χ1n) is 11.4. The Bertz CT molecular complexity index is 977. The van der Waals surface area contributed by atoms with Gasteiger partial charge in [0, 0.05) is 60.5 Å². The Hall–Kier alpha value is -2.03. The lowest BCUT2D eigenvalue weighted by Gasteiger charge is -2.37. The first kappa shape index (κ1) is 22.2. The van der Waals surface area contributed by atoms with Crippen molar-refractivity contribution in [3.8, 4) is 0 Å². The fourth-order valence-electron chi connectivity index (χ4n) is 4.63. The van der Waals surface area contributed by atoms with Gasteiger partial charge >= 0.3 is 0 Å². The van der Waals surface area contributed by atoms with Crippen LogP contribution >= 0.6 is 11.3 Å². The Balaban J connectivity index is 1.33. The molecular formula is C23H34N6OS. The highest BCUT2D eigenvalue weighted by atomic mass is 32.1. The average molecular weight is 443 g/mol. The minimum absolute atomic E-state index is 0.237. The number of aliphatic hydroxyl groups is 1. The van der Waals surface area contributed by atoms with Crippen LogP contribution in [0.2, 0.25) is 0 Å². The van der Waals surface area contributed by atoms with Gasteiger partial charge in [0.2, 0.25) is 0 Å². The van der Waals surface area contributed by atoms with Gasteiger partial charge in [-0.15, -0.1) is 16.4 Å². The Morgan fingerprint density at radius 1 is 1.29 bits per heavy atom. The zero-order valence-electron chi connectivity index (χ0n) is 18.9. The van der Waals surface area contributed by atoms with E-state index in [0.717, 1.165) is 63.4 Å². The third kappa shape index (κ3) is 5.25. The highest BCUT2D eigenvalue weighted by molar-refractivity contribution is 7.12. The van der Waals surface area contributed by atoms with Crippen LogP contribution in [0.3, 0.4) is 0 Å². The minimum Gasteiger partial charge on any atom is -0.396 e. The van der Waals surface area contributed by atoms with Crippen molar-refractivity contribution in [2.75, 3.05) is 13.2 Å². The summed E-state index contributed by atoms with van der Waals surface area (Å²) in [5.74, 6) is 1.62. The maximum atomic E-state index is 9.47. The zero-order valence-corrected chi connectivity index (χ0v) is 19.7. The van der Waals surface area contributed by atoms with Crippen LogP contribution in [0.5, 0.6) is 0 Å². The van der Waals surface area contributed by atoms with E-state index in [9.17, 15) is 5.11 Å². The number of hydrogen-bond donors (Lipinski definition) is 1. The van der Waals surface area contributed by atoms with Gasteiger partial charge < -0.3 is 9.67 Å². The molecule has 4 rings (SSSR count). The lowest BCUT2D eigenvalue weighted by atomic mass is 9.85. The number of nitrogens with zero attached hydrogens (tertiary/aromatic N) is 6. The monoisotopic (exact) mass is 442 g/mol. The second kappa shape index (κ2) is 10.1. The maximum absolute atomic E-state index is 9.47. The normalized spacial score (nSPS) is 19.9. The van der Waals surface area contributed by atoms with Crippen LogP contribution < -0.4 is 0 Å². The molecule has 0 radical (unpaired) electrons. The van der Waals surface area contributed by atoms with E-state index in [-0.39, 0.29) is 6.61 Å². The molecule has 4 heterocycles. The molecule has 0 amide bonds. The lowest BCUT2D eigenvalue weighted by Crippen LogP contribution is -2.39. The summed E-state index contributed by atoms with van der Waals surface area (Å²) in [6.45, 7) is 10.4. The minimum atomic E-state index is 0.237. The van der Waals surface area contributed by atoms with Crippen LogP contribution in [0, 0.1) is 6.92 Å². The van der Waals surface area contributed by atoms with Gasteiger partial charge in [0.05, 0.1) is 12.2 Å². The Labute approximate surface area is 188 Å². The van der Waals surface area contributed by atoms with E-state index < -0.39 is 0 Å². The average Bonchev–Trinajstić information content (AvgIpc) is 3.48. The second-order valence-corrected chi connectivity index (χ2v) is 9.82. The van der Waals surface area contributed by atoms with Gasteiger partial charge in [-0.25, -0.2) is 4.98 Å². The van der Waals surface area contributed by atoms with Crippen LogP contribution in [0.4, 0.5) is 0 Å². The molecule has 0 aliphatic carbocycles. The van der Waals surface area contributed by atoms with E-state index in [0.29, 0.717) is 12.0 Å². The first-order chi connectivity index (χ1) is 15.1. The quantitative estimate of drug-likeness (QED) is 0.550. The van der Waals surface area contributed by atoms with E-state index >= 15 is 0 Å². The molecule has 0 aromatic carbocycles. The van der Waals surface area contributed by atoms with Gasteiger partial charge in [-0.3, -0.25) is 9.58 Å². The predicted octanol–water partition coefficient (Wildman–Crippen LogP) is 3.41. The van der Waals surface area contributed by atoms with Gasteiger partial charge in [-0.05, 0) is 57.2 Å². The molecular weight excluding hydrogens is 408 g/mol. The van der Waals surface area contributed by atoms with E-state index in [2.05, 4.69) is 50.9 Å². The van der Waals surface area contributed by atoms with Crippen LogP contribution in [0.1, 0.15) is 59.4 Å². The summed E-state index contributed by atoms with van der Waals surface area (Å²) in [5, 5.41) is 18.2. The summed E-state index contributed by atoms with van der Waals surface area (Å²) in [7, 11) is 0. The molecule has 1 aliphatic rings. The first-order valence-corrected chi connectivity index (χ1v) is 12.2. The summed E-state index contributed by atoms with van der Waals surface area (Å²) < 4.78 is 4.07. The van der Waals surface area contributed by atoms with Crippen molar-refractivity contribution in [2.24, 2.45) is 0 Å². The molecule has 3 aromatic heterocycles. The number of aryl methyl sites for hydroxylation is 4. The van der Waals surface area contributed by atoms with Crippen LogP contribution in [-0.2, 0) is 32.5 Å². The van der Waals surface area contributed by atoms with Crippen molar-refractivity contribution in [2.45, 2.75) is 78.0 Å². The van der Waals surface area contributed by atoms with E-state index in [1.54, 1.807) is 0 Å². The summed E-state index contributed by atoms with van der Waals surface area (Å²) in [4.78, 5) is 9.63. The van der Waals surface area contributed by atoms with Gasteiger partial charge in [0.1, 0.15) is 5.82 Å². The smallest absolute Gasteiger partial charge is 0.105 e. The van der Waals surface area contributed by atoms with E-state index in [1.807, 2.05) is 35.3 Å². The van der Waals surface area contributed by atoms with Crippen molar-refractivity contribution < 1.29 is 5.11 Å². The van der Waals surface area contributed by atoms with Crippen LogP contribution in [0.25, 0.3) is 0 Å². The number of hydrogen-bond acceptors (Lipinski definition) is 6. The fraction of sp³-hybridized carbons (Fsp3) is 0.609. The van der Waals surface area contributed by atoms with Crippen molar-refractivity contribution in [1.29, 1.82) is 0 Å². The summed E-state index contributed by atoms with van der Waals surface area (Å²) >= 11 is 1.89. The molecule has 8 heteroatoms. The largest absolute Gasteiger partial charge is 0.396 e. The summed E-state index contributed by atoms with van der Waals surface area (Å²) in [6.07, 6.45) is 10.1. The lowest BCUT2D eigenvalue weighted by molar-refractivity contribution is 0.137. The van der Waals surface area contributed by atoms with Crippen LogP contribution in [0.15, 0.2) is 24.7 Å². The molecule has 168 valence electrons. The Morgan fingerprint density at radius 3 is 2.87 bits per heavy atom. The standard InChI is InChI=1S/C23H34N6OS/c1-4-21-14-22(23(31-21)6-12-30)19-5-8-28(17(2)13-19)15-20-16-29(26-25-20)11-10-27-9-7-24-18(27)3/h7,9,14,16-17,19,30H,4-6,8,10-13,15H2,1-3H3/t17-,19?/m0/s1. The van der Waals surface area contributed by atoms with Crippen LogP contribution in [-0.4, -0.2) is 53.7 Å². The number of rotatable bonds is 9. The van der Waals surface area contributed by atoms with Gasteiger partial charge in [-0.2, -0.15) is 0 Å². The van der Waals surface area contributed by atoms with Crippen molar-refractivity contribution in [3.63, 3.8) is 0 Å². The number of thiophene rings is 1. The van der Waals surface area contributed by atoms with Gasteiger partial charge in [-0.1, -0.05) is 12.1 Å². The van der Waals surface area contributed by atoms with E-state index in [4.69, 9.17) is 0 Å². The summed E-state index contributed by atoms with van der Waals surface area (Å²) in [6, 6.07) is 2.90. The van der Waals surface area contributed by atoms with Crippen molar-refractivity contribution in [3.05, 3.63) is 51.5 Å². The third-order valence-corrected chi connectivity index (χ3v) is 7.83. The maximum Gasteiger partial charge on any atom is 0.105 e. The predicted molar refractivity (Wildman–Crippen MR) is 123 cm³/mol. The third-order valence-electron chi connectivity index (χ3n) is 6.48. The molecule has 0 spiro atoms. The molecule has 0 bridgehead atoms. The number of imidazole rings is 1. The molecule has 3 aromatic rings. The number of likely N-dealkylation sites (tertiary alicyclic amines) is 1. The number of aromatic nitrogens is 5. The van der Waals surface area contributed by atoms with Crippen molar-refractivity contribution >= 4 is 11.3 Å². The fourth-order valence-corrected chi connectivity index (χ4v) is 5.82. The van der Waals surface area contributed by atoms with Gasteiger partial charge in [0.15, 0.2) is 0 Å². The molecule has 7 nitrogen and oxygen atoms in total. The highest BCUT2D eigenvalue weighted by Gasteiger charge is 2.29. The molecule has 1 saturated heterocycles. The molecule has 2 atom stereocenters.